The molecule has 1 aromatic heterocycles. The molecule has 0 amide bonds. The Morgan fingerprint density at radius 3 is 2.68 bits per heavy atom. The number of carboxylic acids is 1. The highest BCUT2D eigenvalue weighted by atomic mass is 28.3. The summed E-state index contributed by atoms with van der Waals surface area (Å²) >= 11 is 0. The van der Waals surface area contributed by atoms with Crippen LogP contribution in [0.2, 0.25) is 25.7 Å². The monoisotopic (exact) mass is 331 g/mol. The van der Waals surface area contributed by atoms with E-state index in [0.717, 1.165) is 12.2 Å². The summed E-state index contributed by atoms with van der Waals surface area (Å²) in [4.78, 5) is 20.8. The van der Waals surface area contributed by atoms with Crippen LogP contribution in [0.25, 0.3) is 0 Å². The highest BCUT2D eigenvalue weighted by Gasteiger charge is 2.23. The molecule has 0 aromatic carbocycles. The molecule has 0 aliphatic rings. The molecule has 10 heteroatoms. The van der Waals surface area contributed by atoms with Crippen molar-refractivity contribution < 1.29 is 24.3 Å². The van der Waals surface area contributed by atoms with Gasteiger partial charge in [0.1, 0.15) is 19.5 Å². The van der Waals surface area contributed by atoms with Crippen LogP contribution in [-0.4, -0.2) is 47.1 Å². The molecule has 0 aliphatic carbocycles. The number of nitro groups is 1. The summed E-state index contributed by atoms with van der Waals surface area (Å²) < 4.78 is 11.9. The van der Waals surface area contributed by atoms with E-state index < -0.39 is 19.0 Å². The minimum absolute atomic E-state index is 0.0285. The van der Waals surface area contributed by atoms with Crippen molar-refractivity contribution in [1.82, 2.24) is 9.78 Å². The van der Waals surface area contributed by atoms with Crippen LogP contribution in [0, 0.1) is 10.1 Å². The molecule has 1 N–H and O–H groups in total. The van der Waals surface area contributed by atoms with Crippen LogP contribution in [-0.2, 0) is 16.3 Å². The van der Waals surface area contributed by atoms with E-state index in [0.29, 0.717) is 6.61 Å². The predicted octanol–water partition coefficient (Wildman–Crippen LogP) is 1.96. The lowest BCUT2D eigenvalue weighted by Gasteiger charge is -2.15. The van der Waals surface area contributed by atoms with Gasteiger partial charge in [0, 0.05) is 14.7 Å². The quantitative estimate of drug-likeness (QED) is 0.301. The largest absolute Gasteiger partial charge is 0.481 e. The lowest BCUT2D eigenvalue weighted by Crippen LogP contribution is -2.22. The molecule has 1 aromatic rings. The first-order valence-corrected chi connectivity index (χ1v) is 10.5. The first-order valence-electron chi connectivity index (χ1n) is 6.83. The van der Waals surface area contributed by atoms with Gasteiger partial charge in [0.2, 0.25) is 0 Å². The summed E-state index contributed by atoms with van der Waals surface area (Å²) in [5.41, 5.74) is -0.306. The Bertz CT molecular complexity index is 525. The number of aliphatic carboxylic acids is 1. The Morgan fingerprint density at radius 2 is 2.14 bits per heavy atom. The molecule has 1 rings (SSSR count). The molecule has 0 fully saturated rings. The van der Waals surface area contributed by atoms with E-state index in [4.69, 9.17) is 14.6 Å². The second-order valence-electron chi connectivity index (χ2n) is 5.93. The van der Waals surface area contributed by atoms with Crippen LogP contribution >= 0.6 is 0 Å². The average molecular weight is 331 g/mol. The Kier molecular flexibility index (Phi) is 6.50. The van der Waals surface area contributed by atoms with Gasteiger partial charge < -0.3 is 14.6 Å². The number of carbonyl (C=O) groups is 1. The molecular formula is C12H21N3O6Si. The molecule has 0 saturated carbocycles. The Hall–Kier alpha value is -1.94. The molecule has 0 bridgehead atoms. The van der Waals surface area contributed by atoms with Crippen LogP contribution in [0.1, 0.15) is 6.42 Å². The molecule has 0 atom stereocenters. The number of nitrogens with zero attached hydrogens (tertiary/aromatic N) is 3. The van der Waals surface area contributed by atoms with Crippen LogP contribution in [0.4, 0.5) is 5.69 Å². The summed E-state index contributed by atoms with van der Waals surface area (Å²) in [6, 6.07) is 0.964. The van der Waals surface area contributed by atoms with Crippen molar-refractivity contribution in [2.75, 3.05) is 13.2 Å². The van der Waals surface area contributed by atoms with Gasteiger partial charge in [-0.25, -0.2) is 4.68 Å². The average Bonchev–Trinajstić information content (AvgIpc) is 2.76. The third-order valence-corrected chi connectivity index (χ3v) is 4.44. The Balaban J connectivity index is 2.64. The fourth-order valence-corrected chi connectivity index (χ4v) is 2.25. The topological polar surface area (TPSA) is 117 Å². The lowest BCUT2D eigenvalue weighted by molar-refractivity contribution is -0.386. The number of carboxylic acid groups (broad SMARTS) is 1. The minimum Gasteiger partial charge on any atom is -0.481 e. The van der Waals surface area contributed by atoms with Gasteiger partial charge in [0.25, 0.3) is 5.88 Å². The third kappa shape index (κ3) is 6.22. The maximum Gasteiger partial charge on any atom is 0.350 e. The van der Waals surface area contributed by atoms with Crippen molar-refractivity contribution in [2.24, 2.45) is 0 Å². The third-order valence-electron chi connectivity index (χ3n) is 2.73. The van der Waals surface area contributed by atoms with Gasteiger partial charge in [-0.05, 0) is 6.04 Å². The lowest BCUT2D eigenvalue weighted by atomic mass is 10.5. The molecule has 0 saturated heterocycles. The van der Waals surface area contributed by atoms with E-state index in [9.17, 15) is 14.9 Å². The number of hydrogen-bond acceptors (Lipinski definition) is 6. The zero-order chi connectivity index (χ0) is 16.8. The van der Waals surface area contributed by atoms with E-state index in [1.54, 1.807) is 0 Å². The molecule has 1 heterocycles. The highest BCUT2D eigenvalue weighted by molar-refractivity contribution is 6.76. The van der Waals surface area contributed by atoms with Gasteiger partial charge in [-0.15, -0.1) is 0 Å². The maximum absolute atomic E-state index is 10.9. The van der Waals surface area contributed by atoms with Crippen LogP contribution < -0.4 is 4.74 Å². The summed E-state index contributed by atoms with van der Waals surface area (Å²) in [5.74, 6) is -1.13. The van der Waals surface area contributed by atoms with E-state index >= 15 is 0 Å². The van der Waals surface area contributed by atoms with E-state index in [1.807, 2.05) is 0 Å². The molecule has 22 heavy (non-hydrogen) atoms. The number of aromatic nitrogens is 2. The standard InChI is InChI=1S/C12H21N3O6Si/c1-22(2,3)7-6-20-9-14-12(21-5-4-11(16)17)10(8-13-14)15(18)19/h8H,4-7,9H2,1-3H3,(H,16,17). The van der Waals surface area contributed by atoms with E-state index in [-0.39, 0.29) is 31.3 Å². The fourth-order valence-electron chi connectivity index (χ4n) is 1.49. The second kappa shape index (κ2) is 7.89. The number of hydrogen-bond donors (Lipinski definition) is 1. The van der Waals surface area contributed by atoms with E-state index in [2.05, 4.69) is 24.7 Å². The summed E-state index contributed by atoms with van der Waals surface area (Å²) in [6.45, 7) is 7.05. The molecular weight excluding hydrogens is 310 g/mol. The van der Waals surface area contributed by atoms with Gasteiger partial charge in [-0.3, -0.25) is 14.9 Å². The van der Waals surface area contributed by atoms with Gasteiger partial charge >= 0.3 is 11.7 Å². The van der Waals surface area contributed by atoms with Crippen molar-refractivity contribution in [3.05, 3.63) is 16.3 Å². The van der Waals surface area contributed by atoms with Gasteiger partial charge in [0.05, 0.1) is 11.3 Å². The fraction of sp³-hybridized carbons (Fsp3) is 0.667. The van der Waals surface area contributed by atoms with Crippen molar-refractivity contribution >= 4 is 19.7 Å². The molecule has 9 nitrogen and oxygen atoms in total. The Labute approximate surface area is 129 Å². The number of ether oxygens (including phenoxy) is 2. The maximum atomic E-state index is 10.9. The van der Waals surface area contributed by atoms with Crippen LogP contribution in [0.3, 0.4) is 0 Å². The normalized spacial score (nSPS) is 11.4. The summed E-state index contributed by atoms with van der Waals surface area (Å²) in [5, 5.41) is 23.4. The predicted molar refractivity (Wildman–Crippen MR) is 80.7 cm³/mol. The molecule has 0 radical (unpaired) electrons. The van der Waals surface area contributed by atoms with Crippen molar-refractivity contribution in [3.63, 3.8) is 0 Å². The van der Waals surface area contributed by atoms with E-state index in [1.165, 1.54) is 4.68 Å². The zero-order valence-electron chi connectivity index (χ0n) is 12.9. The second-order valence-corrected chi connectivity index (χ2v) is 11.6. The minimum atomic E-state index is -1.21. The first-order chi connectivity index (χ1) is 10.2. The van der Waals surface area contributed by atoms with Gasteiger partial charge in [0.15, 0.2) is 0 Å². The SMILES string of the molecule is C[Si](C)(C)CCOCn1ncc([N+](=O)[O-])c1OCCC(=O)O. The number of rotatable bonds is 10. The molecule has 124 valence electrons. The summed E-state index contributed by atoms with van der Waals surface area (Å²) in [6.07, 6.45) is 0.816. The molecule has 0 unspecified atom stereocenters. The van der Waals surface area contributed by atoms with Gasteiger partial charge in [-0.1, -0.05) is 19.6 Å². The molecule has 0 aliphatic heterocycles. The first kappa shape index (κ1) is 18.1. The summed E-state index contributed by atoms with van der Waals surface area (Å²) in [7, 11) is -1.21. The van der Waals surface area contributed by atoms with Crippen LogP contribution in [0.5, 0.6) is 5.88 Å². The zero-order valence-corrected chi connectivity index (χ0v) is 13.9. The highest BCUT2D eigenvalue weighted by Crippen LogP contribution is 2.26. The molecule has 0 spiro atoms. The Morgan fingerprint density at radius 1 is 1.45 bits per heavy atom. The van der Waals surface area contributed by atoms with Gasteiger partial charge in [-0.2, -0.15) is 5.10 Å². The van der Waals surface area contributed by atoms with Crippen molar-refractivity contribution in [3.8, 4) is 5.88 Å². The van der Waals surface area contributed by atoms with Crippen molar-refractivity contribution in [2.45, 2.75) is 38.8 Å². The smallest absolute Gasteiger partial charge is 0.350 e. The van der Waals surface area contributed by atoms with Crippen LogP contribution in [0.15, 0.2) is 6.20 Å². The van der Waals surface area contributed by atoms with Crippen molar-refractivity contribution in [1.29, 1.82) is 0 Å².